The van der Waals surface area contributed by atoms with Crippen LogP contribution in [0, 0.1) is 18.3 Å². The Morgan fingerprint density at radius 2 is 1.89 bits per heavy atom. The minimum atomic E-state index is -0.625. The van der Waals surface area contributed by atoms with E-state index in [1.807, 2.05) is 31.2 Å². The number of hydrogen-bond acceptors (Lipinski definition) is 2. The summed E-state index contributed by atoms with van der Waals surface area (Å²) in [6, 6.07) is 10.3. The van der Waals surface area contributed by atoms with E-state index in [0.29, 0.717) is 6.42 Å². The number of benzene rings is 1. The molecule has 0 aliphatic heterocycles. The highest BCUT2D eigenvalue weighted by Gasteiger charge is 2.33. The first kappa shape index (κ1) is 13.6. The van der Waals surface area contributed by atoms with Crippen molar-refractivity contribution in [2.45, 2.75) is 51.0 Å². The Labute approximate surface area is 114 Å². The Hall–Kier alpha value is -1.82. The van der Waals surface area contributed by atoms with Crippen LogP contribution in [0.1, 0.15) is 43.2 Å². The van der Waals surface area contributed by atoms with E-state index in [4.69, 9.17) is 0 Å². The lowest BCUT2D eigenvalue weighted by Gasteiger charge is -2.31. The summed E-state index contributed by atoms with van der Waals surface area (Å²) in [4.78, 5) is 12.1. The van der Waals surface area contributed by atoms with Gasteiger partial charge in [-0.1, -0.05) is 49.1 Å². The Balaban J connectivity index is 1.96. The summed E-state index contributed by atoms with van der Waals surface area (Å²) >= 11 is 0. The number of nitrogens with zero attached hydrogens (tertiary/aromatic N) is 1. The molecule has 3 heteroatoms. The second-order valence-electron chi connectivity index (χ2n) is 5.47. The van der Waals surface area contributed by atoms with Crippen LogP contribution in [-0.2, 0) is 11.2 Å². The van der Waals surface area contributed by atoms with Crippen LogP contribution >= 0.6 is 0 Å². The first-order chi connectivity index (χ1) is 9.13. The van der Waals surface area contributed by atoms with E-state index in [9.17, 15) is 10.1 Å². The van der Waals surface area contributed by atoms with Crippen molar-refractivity contribution in [2.24, 2.45) is 0 Å². The third-order valence-electron chi connectivity index (χ3n) is 3.79. The lowest BCUT2D eigenvalue weighted by Crippen LogP contribution is -2.49. The van der Waals surface area contributed by atoms with E-state index in [-0.39, 0.29) is 5.91 Å². The molecule has 1 aromatic carbocycles. The largest absolute Gasteiger partial charge is 0.338 e. The minimum Gasteiger partial charge on any atom is -0.338 e. The molecule has 19 heavy (non-hydrogen) atoms. The highest BCUT2D eigenvalue weighted by Crippen LogP contribution is 2.27. The smallest absolute Gasteiger partial charge is 0.225 e. The van der Waals surface area contributed by atoms with E-state index in [2.05, 4.69) is 11.4 Å². The van der Waals surface area contributed by atoms with Gasteiger partial charge in [-0.3, -0.25) is 4.79 Å². The zero-order valence-corrected chi connectivity index (χ0v) is 11.4. The lowest BCUT2D eigenvalue weighted by atomic mass is 9.82. The highest BCUT2D eigenvalue weighted by atomic mass is 16.1. The number of rotatable bonds is 3. The molecule has 1 saturated carbocycles. The van der Waals surface area contributed by atoms with Crippen molar-refractivity contribution in [3.8, 4) is 6.07 Å². The molecule has 0 aromatic heterocycles. The van der Waals surface area contributed by atoms with Gasteiger partial charge in [0.05, 0.1) is 12.5 Å². The van der Waals surface area contributed by atoms with Crippen LogP contribution < -0.4 is 5.32 Å². The highest BCUT2D eigenvalue weighted by molar-refractivity contribution is 5.79. The van der Waals surface area contributed by atoms with Crippen LogP contribution in [-0.4, -0.2) is 11.4 Å². The molecule has 0 bridgehead atoms. The van der Waals surface area contributed by atoms with Gasteiger partial charge in [0.25, 0.3) is 0 Å². The lowest BCUT2D eigenvalue weighted by molar-refractivity contribution is -0.122. The number of hydrogen-bond donors (Lipinski definition) is 1. The number of carbonyl (C=O) groups is 1. The normalized spacial score (nSPS) is 17.5. The number of nitrogens with one attached hydrogen (secondary N) is 1. The third-order valence-corrected chi connectivity index (χ3v) is 3.79. The summed E-state index contributed by atoms with van der Waals surface area (Å²) in [5.41, 5.74) is 1.55. The standard InChI is InChI=1S/C16H20N2O/c1-13-5-7-14(8-6-13)11-15(19)18-16(12-17)9-3-2-4-10-16/h5-8H,2-4,9-11H2,1H3,(H,18,19). The minimum absolute atomic E-state index is 0.0488. The van der Waals surface area contributed by atoms with Crippen LogP contribution in [0.4, 0.5) is 0 Å². The first-order valence-corrected chi connectivity index (χ1v) is 6.91. The van der Waals surface area contributed by atoms with Crippen molar-refractivity contribution in [1.29, 1.82) is 5.26 Å². The zero-order chi connectivity index (χ0) is 13.7. The van der Waals surface area contributed by atoms with Gasteiger partial charge in [-0.05, 0) is 25.3 Å². The van der Waals surface area contributed by atoms with E-state index >= 15 is 0 Å². The average Bonchev–Trinajstić information content (AvgIpc) is 2.42. The molecule has 2 rings (SSSR count). The summed E-state index contributed by atoms with van der Waals surface area (Å²) < 4.78 is 0. The second kappa shape index (κ2) is 5.88. The van der Waals surface area contributed by atoms with Crippen molar-refractivity contribution in [3.63, 3.8) is 0 Å². The Kier molecular flexibility index (Phi) is 4.21. The maximum atomic E-state index is 12.1. The fraction of sp³-hybridized carbons (Fsp3) is 0.500. The predicted molar refractivity (Wildman–Crippen MR) is 74.5 cm³/mol. The van der Waals surface area contributed by atoms with Crippen molar-refractivity contribution in [1.82, 2.24) is 5.32 Å². The van der Waals surface area contributed by atoms with Crippen molar-refractivity contribution >= 4 is 5.91 Å². The molecule has 3 nitrogen and oxygen atoms in total. The second-order valence-corrected chi connectivity index (χ2v) is 5.47. The van der Waals surface area contributed by atoms with E-state index in [0.717, 1.165) is 37.7 Å². The quantitative estimate of drug-likeness (QED) is 0.904. The molecular formula is C16H20N2O. The molecule has 1 aromatic rings. The molecule has 0 saturated heterocycles. The van der Waals surface area contributed by atoms with Gasteiger partial charge in [-0.2, -0.15) is 5.26 Å². The molecule has 1 N–H and O–H groups in total. The third kappa shape index (κ3) is 3.57. The van der Waals surface area contributed by atoms with Gasteiger partial charge in [-0.15, -0.1) is 0 Å². The number of amides is 1. The van der Waals surface area contributed by atoms with Gasteiger partial charge in [0.1, 0.15) is 5.54 Å². The van der Waals surface area contributed by atoms with Crippen molar-refractivity contribution in [3.05, 3.63) is 35.4 Å². The van der Waals surface area contributed by atoms with E-state index in [1.165, 1.54) is 5.56 Å². The van der Waals surface area contributed by atoms with Crippen LogP contribution in [0.15, 0.2) is 24.3 Å². The molecule has 0 heterocycles. The summed E-state index contributed by atoms with van der Waals surface area (Å²) in [5.74, 6) is -0.0488. The van der Waals surface area contributed by atoms with Crippen molar-refractivity contribution < 1.29 is 4.79 Å². The molecule has 0 radical (unpaired) electrons. The van der Waals surface area contributed by atoms with Gasteiger partial charge in [-0.25, -0.2) is 0 Å². The molecule has 0 spiro atoms. The molecule has 1 amide bonds. The molecular weight excluding hydrogens is 236 g/mol. The van der Waals surface area contributed by atoms with Crippen molar-refractivity contribution in [2.75, 3.05) is 0 Å². The average molecular weight is 256 g/mol. The zero-order valence-electron chi connectivity index (χ0n) is 11.4. The van der Waals surface area contributed by atoms with E-state index in [1.54, 1.807) is 0 Å². The number of aryl methyl sites for hydroxylation is 1. The van der Waals surface area contributed by atoms with E-state index < -0.39 is 5.54 Å². The van der Waals surface area contributed by atoms with Crippen LogP contribution in [0.5, 0.6) is 0 Å². The Bertz CT molecular complexity index is 478. The Morgan fingerprint density at radius 3 is 2.47 bits per heavy atom. The molecule has 1 fully saturated rings. The molecule has 1 aliphatic rings. The van der Waals surface area contributed by atoms with Crippen LogP contribution in [0.2, 0.25) is 0 Å². The monoisotopic (exact) mass is 256 g/mol. The number of nitriles is 1. The van der Waals surface area contributed by atoms with Gasteiger partial charge in [0.2, 0.25) is 5.91 Å². The van der Waals surface area contributed by atoms with Gasteiger partial charge in [0, 0.05) is 0 Å². The molecule has 1 aliphatic carbocycles. The topological polar surface area (TPSA) is 52.9 Å². The Morgan fingerprint density at radius 1 is 1.26 bits per heavy atom. The molecule has 0 unspecified atom stereocenters. The fourth-order valence-electron chi connectivity index (χ4n) is 2.62. The maximum absolute atomic E-state index is 12.1. The summed E-state index contributed by atoms with van der Waals surface area (Å²) in [5, 5.41) is 12.3. The predicted octanol–water partition coefficient (Wildman–Crippen LogP) is 2.88. The van der Waals surface area contributed by atoms with Gasteiger partial charge >= 0.3 is 0 Å². The molecule has 0 atom stereocenters. The summed E-state index contributed by atoms with van der Waals surface area (Å²) in [6.45, 7) is 2.02. The van der Waals surface area contributed by atoms with Gasteiger partial charge in [0.15, 0.2) is 0 Å². The summed E-state index contributed by atoms with van der Waals surface area (Å²) in [7, 11) is 0. The first-order valence-electron chi connectivity index (χ1n) is 6.91. The van der Waals surface area contributed by atoms with Crippen LogP contribution in [0.3, 0.4) is 0 Å². The van der Waals surface area contributed by atoms with Gasteiger partial charge < -0.3 is 5.32 Å². The summed E-state index contributed by atoms with van der Waals surface area (Å²) in [6.07, 6.45) is 5.13. The number of carbonyl (C=O) groups excluding carboxylic acids is 1. The SMILES string of the molecule is Cc1ccc(CC(=O)NC2(C#N)CCCCC2)cc1. The maximum Gasteiger partial charge on any atom is 0.225 e. The molecule has 100 valence electrons. The fourth-order valence-corrected chi connectivity index (χ4v) is 2.62. The van der Waals surface area contributed by atoms with Crippen LogP contribution in [0.25, 0.3) is 0 Å².